The average molecular weight is 399 g/mol. The van der Waals surface area contributed by atoms with Crippen LogP contribution in [0.3, 0.4) is 0 Å². The van der Waals surface area contributed by atoms with Gasteiger partial charge in [0.25, 0.3) is 0 Å². The molecule has 130 valence electrons. The molecule has 0 aromatic heterocycles. The van der Waals surface area contributed by atoms with Gasteiger partial charge in [0.1, 0.15) is 0 Å². The summed E-state index contributed by atoms with van der Waals surface area (Å²) in [6.45, 7) is 10.1. The Bertz CT molecular complexity index is 539. The van der Waals surface area contributed by atoms with Crippen molar-refractivity contribution in [2.24, 2.45) is 0 Å². The van der Waals surface area contributed by atoms with Crippen molar-refractivity contribution in [3.63, 3.8) is 0 Å². The van der Waals surface area contributed by atoms with Crippen LogP contribution in [0, 0.1) is 27.7 Å². The molecule has 0 saturated heterocycles. The summed E-state index contributed by atoms with van der Waals surface area (Å²) in [5.74, 6) is 0. The molecular weight excluding hydrogens is 375 g/mol. The number of hydrogen-bond acceptors (Lipinski definition) is 0. The fourth-order valence-electron chi connectivity index (χ4n) is 2.57. The van der Waals surface area contributed by atoms with E-state index in [1.54, 1.807) is 0 Å². The molecule has 2 aromatic rings. The third kappa shape index (κ3) is 8.98. The summed E-state index contributed by atoms with van der Waals surface area (Å²) in [6, 6.07) is 12.9. The van der Waals surface area contributed by atoms with Crippen molar-refractivity contribution in [3.05, 3.63) is 69.3 Å². The third-order valence-corrected chi connectivity index (χ3v) is 3.32. The molecule has 0 fully saturated rings. The fraction of sp³-hybridized carbons (Fsp3) is 0.368. The van der Waals surface area contributed by atoms with Crippen molar-refractivity contribution in [2.75, 3.05) is 13.1 Å². The Balaban J connectivity index is 0.000000891. The molecule has 0 spiro atoms. The van der Waals surface area contributed by atoms with Crippen molar-refractivity contribution in [3.8, 4) is 0 Å². The van der Waals surface area contributed by atoms with Gasteiger partial charge in [0.05, 0.1) is 0 Å². The Morgan fingerprint density at radius 1 is 0.667 bits per heavy atom. The van der Waals surface area contributed by atoms with Crippen LogP contribution in [0.15, 0.2) is 36.4 Å². The summed E-state index contributed by atoms with van der Waals surface area (Å²) in [5, 5.41) is 9.27. The molecule has 2 rings (SSSR count). The standard InChI is InChI=1S/C19H24N2.2ClH.Ti/c1-14-8-15(2)11-18(10-14)20-6-5-7-21-19-12-16(3)9-17(4)13-19;;;/h8-13H,5-7H2,1-4H3;2*1H;/q-2;;;+2/p-2. The van der Waals surface area contributed by atoms with E-state index < -0.39 is 17.0 Å². The van der Waals surface area contributed by atoms with Crippen molar-refractivity contribution in [1.29, 1.82) is 0 Å². The molecule has 0 amide bonds. The second-order valence-electron chi connectivity index (χ2n) is 5.88. The average Bonchev–Trinajstić information content (AvgIpc) is 2.45. The monoisotopic (exact) mass is 398 g/mol. The zero-order chi connectivity index (χ0) is 17.9. The van der Waals surface area contributed by atoms with Gasteiger partial charge in [-0.25, -0.2) is 0 Å². The molecule has 5 heteroatoms. The predicted octanol–water partition coefficient (Wildman–Crippen LogP) is 7.40. The van der Waals surface area contributed by atoms with Crippen molar-refractivity contribution in [1.82, 2.24) is 0 Å². The predicted molar refractivity (Wildman–Crippen MR) is 104 cm³/mol. The first-order valence-corrected chi connectivity index (χ1v) is 12.2. The van der Waals surface area contributed by atoms with Crippen molar-refractivity contribution >= 4 is 30.0 Å². The van der Waals surface area contributed by atoms with Crippen LogP contribution in [0.1, 0.15) is 28.7 Å². The third-order valence-electron chi connectivity index (χ3n) is 3.32. The first-order chi connectivity index (χ1) is 11.4. The zero-order valence-electron chi connectivity index (χ0n) is 14.7. The van der Waals surface area contributed by atoms with Crippen LogP contribution in [0.2, 0.25) is 0 Å². The molecule has 0 radical (unpaired) electrons. The summed E-state index contributed by atoms with van der Waals surface area (Å²) < 4.78 is 0. The van der Waals surface area contributed by atoms with E-state index in [0.717, 1.165) is 30.9 Å². The van der Waals surface area contributed by atoms with E-state index in [-0.39, 0.29) is 0 Å². The van der Waals surface area contributed by atoms with Crippen LogP contribution < -0.4 is 0 Å². The van der Waals surface area contributed by atoms with E-state index in [0.29, 0.717) is 0 Å². The van der Waals surface area contributed by atoms with E-state index in [1.807, 2.05) is 0 Å². The minimum absolute atomic E-state index is 0.556. The summed E-state index contributed by atoms with van der Waals surface area (Å²) in [6.07, 6.45) is 0.986. The molecule has 0 atom stereocenters. The van der Waals surface area contributed by atoms with Gasteiger partial charge < -0.3 is 10.6 Å². The molecule has 2 aromatic carbocycles. The number of nitrogens with zero attached hydrogens (tertiary/aromatic N) is 2. The van der Waals surface area contributed by atoms with Crippen LogP contribution in [-0.4, -0.2) is 13.1 Å². The summed E-state index contributed by atoms with van der Waals surface area (Å²) >= 11 is -0.556. The number of benzene rings is 2. The van der Waals surface area contributed by atoms with Crippen LogP contribution in [0.25, 0.3) is 10.6 Å². The van der Waals surface area contributed by atoms with Gasteiger partial charge in [-0.05, 0) is 27.7 Å². The van der Waals surface area contributed by atoms with Gasteiger partial charge in [-0.3, -0.25) is 0 Å². The summed E-state index contributed by atoms with van der Waals surface area (Å²) in [7, 11) is 9.78. The number of halogens is 2. The molecule has 2 nitrogen and oxygen atoms in total. The SMILES string of the molecule is Cc1cc(C)cc([N-]CCC[N-]c2cc(C)cc(C)c2)c1.[Cl][Ti][Cl]. The topological polar surface area (TPSA) is 28.2 Å². The Kier molecular flexibility index (Phi) is 10.5. The first-order valence-electron chi connectivity index (χ1n) is 7.92. The van der Waals surface area contributed by atoms with Gasteiger partial charge in [0, 0.05) is 0 Å². The Morgan fingerprint density at radius 3 is 1.25 bits per heavy atom. The quantitative estimate of drug-likeness (QED) is 0.358. The van der Waals surface area contributed by atoms with Crippen molar-refractivity contribution in [2.45, 2.75) is 34.1 Å². The number of rotatable bonds is 6. The van der Waals surface area contributed by atoms with Gasteiger partial charge in [-0.15, -0.1) is 24.5 Å². The molecule has 0 bridgehead atoms. The normalized spacial score (nSPS) is 9.75. The van der Waals surface area contributed by atoms with E-state index >= 15 is 0 Å². The maximum atomic E-state index is 4.89. The molecular formula is C19H24Cl2N2Ti-2. The van der Waals surface area contributed by atoms with Crippen LogP contribution in [0.5, 0.6) is 0 Å². The number of aryl methyl sites for hydroxylation is 4. The molecule has 0 aliphatic rings. The van der Waals surface area contributed by atoms with Gasteiger partial charge in [0.15, 0.2) is 0 Å². The molecule has 0 saturated carbocycles. The molecule has 0 aliphatic carbocycles. The van der Waals surface area contributed by atoms with Gasteiger partial charge in [-0.2, -0.15) is 0 Å². The minimum atomic E-state index is -0.556. The van der Waals surface area contributed by atoms with Crippen LogP contribution >= 0.6 is 18.6 Å². The van der Waals surface area contributed by atoms with E-state index in [9.17, 15) is 0 Å². The van der Waals surface area contributed by atoms with Crippen LogP contribution in [0.4, 0.5) is 11.4 Å². The van der Waals surface area contributed by atoms with E-state index in [2.05, 4.69) is 74.7 Å². The first kappa shape index (κ1) is 21.4. The summed E-state index contributed by atoms with van der Waals surface area (Å²) in [4.78, 5) is 0. The molecule has 0 unspecified atom stereocenters. The maximum absolute atomic E-state index is 4.89. The summed E-state index contributed by atoms with van der Waals surface area (Å²) in [5.41, 5.74) is 7.25. The van der Waals surface area contributed by atoms with Gasteiger partial charge in [-0.1, -0.05) is 65.1 Å². The van der Waals surface area contributed by atoms with Crippen molar-refractivity contribution < 1.29 is 17.0 Å². The molecule has 0 heterocycles. The molecule has 24 heavy (non-hydrogen) atoms. The van der Waals surface area contributed by atoms with Gasteiger partial charge in [0.2, 0.25) is 0 Å². The van der Waals surface area contributed by atoms with Crippen LogP contribution in [-0.2, 0) is 17.0 Å². The molecule has 0 N–H and O–H groups in total. The second-order valence-corrected chi connectivity index (χ2v) is 8.46. The fourth-order valence-corrected chi connectivity index (χ4v) is 2.57. The van der Waals surface area contributed by atoms with E-state index in [1.165, 1.54) is 22.3 Å². The van der Waals surface area contributed by atoms with Gasteiger partial charge >= 0.3 is 35.6 Å². The Labute approximate surface area is 163 Å². The Hall–Kier alpha value is -0.666. The molecule has 0 aliphatic heterocycles. The van der Waals surface area contributed by atoms with E-state index in [4.69, 9.17) is 18.6 Å². The zero-order valence-corrected chi connectivity index (χ0v) is 17.8. The number of hydrogen-bond donors (Lipinski definition) is 0. The Morgan fingerprint density at radius 2 is 0.958 bits per heavy atom. The second kappa shape index (κ2) is 11.8.